The predicted molar refractivity (Wildman–Crippen MR) is 79.2 cm³/mol. The SMILES string of the molecule is Cc1ccc(C)c(NC(=O)Cn2cc(Br)c(C)n2)c1. The van der Waals surface area contributed by atoms with Crippen LogP contribution in [0.2, 0.25) is 0 Å². The third-order valence-corrected chi connectivity index (χ3v) is 3.64. The van der Waals surface area contributed by atoms with Crippen LogP contribution in [0.1, 0.15) is 16.8 Å². The monoisotopic (exact) mass is 321 g/mol. The summed E-state index contributed by atoms with van der Waals surface area (Å²) in [5, 5.41) is 7.15. The van der Waals surface area contributed by atoms with E-state index in [9.17, 15) is 4.79 Å². The van der Waals surface area contributed by atoms with Gasteiger partial charge < -0.3 is 5.32 Å². The second-order valence-corrected chi connectivity index (χ2v) is 5.48. The highest BCUT2D eigenvalue weighted by molar-refractivity contribution is 9.10. The van der Waals surface area contributed by atoms with E-state index in [4.69, 9.17) is 0 Å². The van der Waals surface area contributed by atoms with Crippen molar-refractivity contribution in [3.05, 3.63) is 45.7 Å². The summed E-state index contributed by atoms with van der Waals surface area (Å²) in [4.78, 5) is 12.0. The van der Waals surface area contributed by atoms with Gasteiger partial charge in [-0.1, -0.05) is 12.1 Å². The first-order valence-electron chi connectivity index (χ1n) is 6.02. The molecule has 0 radical (unpaired) electrons. The minimum Gasteiger partial charge on any atom is -0.324 e. The van der Waals surface area contributed by atoms with Gasteiger partial charge in [-0.15, -0.1) is 0 Å². The maximum Gasteiger partial charge on any atom is 0.246 e. The Balaban J connectivity index is 2.07. The number of hydrogen-bond acceptors (Lipinski definition) is 2. The summed E-state index contributed by atoms with van der Waals surface area (Å²) in [6.07, 6.45) is 1.80. The summed E-state index contributed by atoms with van der Waals surface area (Å²) in [5.74, 6) is -0.0799. The van der Waals surface area contributed by atoms with Gasteiger partial charge in [-0.2, -0.15) is 5.10 Å². The van der Waals surface area contributed by atoms with Gasteiger partial charge in [-0.05, 0) is 53.9 Å². The lowest BCUT2D eigenvalue weighted by atomic mass is 10.1. The van der Waals surface area contributed by atoms with E-state index < -0.39 is 0 Å². The Labute approximate surface area is 120 Å². The number of rotatable bonds is 3. The number of halogens is 1. The molecule has 0 aliphatic carbocycles. The lowest BCUT2D eigenvalue weighted by Crippen LogP contribution is -2.19. The van der Waals surface area contributed by atoms with Crippen molar-refractivity contribution in [1.29, 1.82) is 0 Å². The van der Waals surface area contributed by atoms with Crippen molar-refractivity contribution < 1.29 is 4.79 Å². The fraction of sp³-hybridized carbons (Fsp3) is 0.286. The topological polar surface area (TPSA) is 46.9 Å². The van der Waals surface area contributed by atoms with Crippen molar-refractivity contribution in [2.24, 2.45) is 0 Å². The lowest BCUT2D eigenvalue weighted by molar-refractivity contribution is -0.116. The van der Waals surface area contributed by atoms with Crippen LogP contribution < -0.4 is 5.32 Å². The van der Waals surface area contributed by atoms with Crippen LogP contribution in [-0.4, -0.2) is 15.7 Å². The van der Waals surface area contributed by atoms with Crippen LogP contribution in [0.25, 0.3) is 0 Å². The molecule has 0 bridgehead atoms. The minimum absolute atomic E-state index is 0.0799. The number of aromatic nitrogens is 2. The molecule has 5 heteroatoms. The van der Waals surface area contributed by atoms with Crippen LogP contribution >= 0.6 is 15.9 Å². The van der Waals surface area contributed by atoms with E-state index in [2.05, 4.69) is 26.3 Å². The van der Waals surface area contributed by atoms with Crippen LogP contribution in [-0.2, 0) is 11.3 Å². The van der Waals surface area contributed by atoms with Crippen LogP contribution in [0, 0.1) is 20.8 Å². The van der Waals surface area contributed by atoms with Crippen molar-refractivity contribution >= 4 is 27.5 Å². The highest BCUT2D eigenvalue weighted by Crippen LogP contribution is 2.17. The van der Waals surface area contributed by atoms with Gasteiger partial charge in [0.15, 0.2) is 0 Å². The Kier molecular flexibility index (Phi) is 4.04. The first-order valence-corrected chi connectivity index (χ1v) is 6.81. The summed E-state index contributed by atoms with van der Waals surface area (Å²) in [5.41, 5.74) is 3.91. The van der Waals surface area contributed by atoms with Crippen molar-refractivity contribution in [1.82, 2.24) is 9.78 Å². The third-order valence-electron chi connectivity index (χ3n) is 2.86. The average Bonchev–Trinajstić information content (AvgIpc) is 2.63. The van der Waals surface area contributed by atoms with Crippen LogP contribution in [0.3, 0.4) is 0 Å². The zero-order chi connectivity index (χ0) is 14.0. The van der Waals surface area contributed by atoms with Gasteiger partial charge in [0.25, 0.3) is 0 Å². The molecule has 1 N–H and O–H groups in total. The Morgan fingerprint density at radius 3 is 2.74 bits per heavy atom. The third kappa shape index (κ3) is 3.44. The molecule has 4 nitrogen and oxygen atoms in total. The molecular weight excluding hydrogens is 306 g/mol. The summed E-state index contributed by atoms with van der Waals surface area (Å²) in [6, 6.07) is 6.00. The Bertz CT molecular complexity index is 600. The highest BCUT2D eigenvalue weighted by atomic mass is 79.9. The number of aryl methyl sites for hydroxylation is 3. The zero-order valence-electron chi connectivity index (χ0n) is 11.2. The molecule has 0 aliphatic heterocycles. The van der Waals surface area contributed by atoms with Crippen molar-refractivity contribution in [2.75, 3.05) is 5.32 Å². The fourth-order valence-corrected chi connectivity index (χ4v) is 2.10. The Morgan fingerprint density at radius 2 is 2.11 bits per heavy atom. The Hall–Kier alpha value is -1.62. The molecule has 0 aliphatic rings. The average molecular weight is 322 g/mol. The largest absolute Gasteiger partial charge is 0.324 e. The molecule has 2 rings (SSSR count). The van der Waals surface area contributed by atoms with Gasteiger partial charge in [0.1, 0.15) is 6.54 Å². The number of nitrogens with zero attached hydrogens (tertiary/aromatic N) is 2. The Morgan fingerprint density at radius 1 is 1.37 bits per heavy atom. The van der Waals surface area contributed by atoms with E-state index >= 15 is 0 Å². The molecule has 0 fully saturated rings. The molecule has 0 saturated carbocycles. The van der Waals surface area contributed by atoms with Crippen molar-refractivity contribution in [3.8, 4) is 0 Å². The van der Waals surface area contributed by atoms with Gasteiger partial charge in [0, 0.05) is 11.9 Å². The van der Waals surface area contributed by atoms with Crippen LogP contribution in [0.5, 0.6) is 0 Å². The van der Waals surface area contributed by atoms with E-state index in [1.807, 2.05) is 39.0 Å². The molecule has 19 heavy (non-hydrogen) atoms. The minimum atomic E-state index is -0.0799. The van der Waals surface area contributed by atoms with E-state index in [1.54, 1.807) is 10.9 Å². The number of nitrogens with one attached hydrogen (secondary N) is 1. The van der Waals surface area contributed by atoms with E-state index in [0.29, 0.717) is 0 Å². The number of benzene rings is 1. The first-order chi connectivity index (χ1) is 8.95. The second-order valence-electron chi connectivity index (χ2n) is 4.63. The molecule has 0 saturated heterocycles. The quantitative estimate of drug-likeness (QED) is 0.943. The summed E-state index contributed by atoms with van der Waals surface area (Å²) in [6.45, 7) is 6.08. The zero-order valence-corrected chi connectivity index (χ0v) is 12.8. The predicted octanol–water partition coefficient (Wildman–Crippen LogP) is 3.21. The summed E-state index contributed by atoms with van der Waals surface area (Å²) >= 11 is 3.38. The standard InChI is InChI=1S/C14H16BrN3O/c1-9-4-5-10(2)13(6-9)16-14(19)8-18-7-12(15)11(3)17-18/h4-7H,8H2,1-3H3,(H,16,19). The molecule has 1 aromatic carbocycles. The molecule has 1 heterocycles. The lowest BCUT2D eigenvalue weighted by Gasteiger charge is -2.09. The van der Waals surface area contributed by atoms with Crippen molar-refractivity contribution in [2.45, 2.75) is 27.3 Å². The molecule has 0 spiro atoms. The molecule has 1 aromatic heterocycles. The maximum atomic E-state index is 12.0. The molecular formula is C14H16BrN3O. The number of carbonyl (C=O) groups excluding carboxylic acids is 1. The van der Waals surface area contributed by atoms with E-state index in [0.717, 1.165) is 27.0 Å². The van der Waals surface area contributed by atoms with Gasteiger partial charge in [0.05, 0.1) is 10.2 Å². The smallest absolute Gasteiger partial charge is 0.246 e. The fourth-order valence-electron chi connectivity index (χ4n) is 1.78. The molecule has 2 aromatic rings. The van der Waals surface area contributed by atoms with E-state index in [1.165, 1.54) is 0 Å². The maximum absolute atomic E-state index is 12.0. The highest BCUT2D eigenvalue weighted by Gasteiger charge is 2.08. The number of anilines is 1. The summed E-state index contributed by atoms with van der Waals surface area (Å²) in [7, 11) is 0. The van der Waals surface area contributed by atoms with Crippen LogP contribution in [0.4, 0.5) is 5.69 Å². The molecule has 0 atom stereocenters. The molecule has 0 unspecified atom stereocenters. The number of carbonyl (C=O) groups is 1. The van der Waals surface area contributed by atoms with Gasteiger partial charge in [-0.25, -0.2) is 0 Å². The van der Waals surface area contributed by atoms with Crippen LogP contribution in [0.15, 0.2) is 28.9 Å². The van der Waals surface area contributed by atoms with E-state index in [-0.39, 0.29) is 12.5 Å². The first kappa shape index (κ1) is 13.8. The normalized spacial score (nSPS) is 10.5. The van der Waals surface area contributed by atoms with Crippen molar-refractivity contribution in [3.63, 3.8) is 0 Å². The van der Waals surface area contributed by atoms with Gasteiger partial charge >= 0.3 is 0 Å². The van der Waals surface area contributed by atoms with Gasteiger partial charge in [0.2, 0.25) is 5.91 Å². The second kappa shape index (κ2) is 5.57. The summed E-state index contributed by atoms with van der Waals surface area (Å²) < 4.78 is 2.53. The number of amides is 1. The molecule has 1 amide bonds. The van der Waals surface area contributed by atoms with Gasteiger partial charge in [-0.3, -0.25) is 9.48 Å². The molecule has 100 valence electrons. The number of hydrogen-bond donors (Lipinski definition) is 1.